The number of hydrogen-bond acceptors (Lipinski definition) is 4. The Balaban J connectivity index is 1.36. The Hall–Kier alpha value is -3.68. The molecule has 1 aliphatic rings. The summed E-state index contributed by atoms with van der Waals surface area (Å²) in [5.41, 5.74) is 3.81. The summed E-state index contributed by atoms with van der Waals surface area (Å²) < 4.78 is 2.42. The maximum Gasteiger partial charge on any atom is 0.350 e. The van der Waals surface area contributed by atoms with Crippen LogP contribution in [0.3, 0.4) is 0 Å². The van der Waals surface area contributed by atoms with E-state index in [9.17, 15) is 14.4 Å². The monoisotopic (exact) mass is 447 g/mol. The van der Waals surface area contributed by atoms with Gasteiger partial charge in [0.1, 0.15) is 6.54 Å². The summed E-state index contributed by atoms with van der Waals surface area (Å²) in [6, 6.07) is 11.1. The van der Waals surface area contributed by atoms with E-state index in [0.29, 0.717) is 24.3 Å². The second kappa shape index (κ2) is 10.3. The molecule has 0 radical (unpaired) electrons. The largest absolute Gasteiger partial charge is 0.354 e. The predicted molar refractivity (Wildman–Crippen MR) is 126 cm³/mol. The first-order chi connectivity index (χ1) is 16.0. The molecule has 172 valence electrons. The molecule has 0 bridgehead atoms. The lowest BCUT2D eigenvalue weighted by molar-refractivity contribution is -0.121. The zero-order valence-electron chi connectivity index (χ0n) is 18.8. The van der Waals surface area contributed by atoms with Crippen molar-refractivity contribution in [3.05, 3.63) is 81.4 Å². The Bertz CT molecular complexity index is 1240. The third-order valence-corrected chi connectivity index (χ3v) is 5.86. The van der Waals surface area contributed by atoms with Crippen molar-refractivity contribution in [2.24, 2.45) is 0 Å². The molecule has 4 rings (SSSR count). The fourth-order valence-electron chi connectivity index (χ4n) is 3.93. The van der Waals surface area contributed by atoms with Crippen molar-refractivity contribution >= 4 is 17.5 Å². The molecule has 8 nitrogen and oxygen atoms in total. The van der Waals surface area contributed by atoms with Crippen LogP contribution in [0, 0.1) is 6.92 Å². The minimum atomic E-state index is -0.455. The minimum Gasteiger partial charge on any atom is -0.354 e. The smallest absolute Gasteiger partial charge is 0.350 e. The van der Waals surface area contributed by atoms with Crippen molar-refractivity contribution in [1.82, 2.24) is 24.8 Å². The summed E-state index contributed by atoms with van der Waals surface area (Å²) in [5, 5.41) is 9.94. The van der Waals surface area contributed by atoms with Crippen LogP contribution in [0.4, 0.5) is 0 Å². The molecule has 2 aromatic heterocycles. The van der Waals surface area contributed by atoms with Crippen LogP contribution in [0.1, 0.15) is 53.6 Å². The third-order valence-electron chi connectivity index (χ3n) is 5.86. The van der Waals surface area contributed by atoms with Crippen LogP contribution in [-0.4, -0.2) is 32.5 Å². The average molecular weight is 448 g/mol. The van der Waals surface area contributed by atoms with Crippen LogP contribution in [0.25, 0.3) is 5.65 Å². The first kappa shape index (κ1) is 22.5. The molecular weight excluding hydrogens is 418 g/mol. The van der Waals surface area contributed by atoms with Crippen LogP contribution >= 0.6 is 0 Å². The molecule has 0 fully saturated rings. The quantitative estimate of drug-likeness (QED) is 0.519. The molecule has 3 aromatic rings. The Morgan fingerprint density at radius 1 is 1.06 bits per heavy atom. The van der Waals surface area contributed by atoms with Gasteiger partial charge in [0.15, 0.2) is 5.65 Å². The van der Waals surface area contributed by atoms with E-state index in [0.717, 1.165) is 35.1 Å². The van der Waals surface area contributed by atoms with E-state index in [1.807, 2.05) is 31.2 Å². The molecule has 8 heteroatoms. The Labute approximate surface area is 192 Å². The number of nitrogens with zero attached hydrogens (tertiary/aromatic N) is 3. The maximum atomic E-state index is 12.7. The van der Waals surface area contributed by atoms with Crippen molar-refractivity contribution < 1.29 is 9.59 Å². The first-order valence-corrected chi connectivity index (χ1v) is 11.4. The summed E-state index contributed by atoms with van der Waals surface area (Å²) in [4.78, 5) is 37.6. The molecule has 2 N–H and O–H groups in total. The number of pyridine rings is 1. The summed E-state index contributed by atoms with van der Waals surface area (Å²) in [6.07, 6.45) is 9.22. The first-order valence-electron chi connectivity index (χ1n) is 11.4. The maximum absolute atomic E-state index is 12.7. The average Bonchev–Trinajstić information content (AvgIpc) is 3.13. The van der Waals surface area contributed by atoms with Gasteiger partial charge in [-0.25, -0.2) is 13.9 Å². The van der Waals surface area contributed by atoms with Gasteiger partial charge < -0.3 is 10.6 Å². The van der Waals surface area contributed by atoms with E-state index in [-0.39, 0.29) is 18.4 Å². The van der Waals surface area contributed by atoms with Gasteiger partial charge in [0.2, 0.25) is 5.91 Å². The molecule has 0 saturated carbocycles. The minimum absolute atomic E-state index is 0.158. The Morgan fingerprint density at radius 2 is 1.88 bits per heavy atom. The van der Waals surface area contributed by atoms with E-state index in [1.165, 1.54) is 29.0 Å². The molecule has 2 amide bonds. The Morgan fingerprint density at radius 3 is 2.64 bits per heavy atom. The summed E-state index contributed by atoms with van der Waals surface area (Å²) in [6.45, 7) is 2.80. The van der Waals surface area contributed by atoms with Crippen molar-refractivity contribution in [2.45, 2.75) is 52.1 Å². The number of allylic oxidation sites excluding steroid dienone is 1. The number of carbonyl (C=O) groups is 2. The molecule has 1 aromatic carbocycles. The number of hydrogen-bond donors (Lipinski definition) is 2. The standard InChI is InChI=1S/C25H29N5O3/c1-18-7-9-20(10-8-18)15-27-24(32)21-11-12-22-28-30(25(33)29(22)16-21)17-23(31)26-14-13-19-5-3-2-4-6-19/h5,7-12,16H,2-4,6,13-15,17H2,1H3,(H,26,31)(H,27,32). The highest BCUT2D eigenvalue weighted by Gasteiger charge is 2.14. The van der Waals surface area contributed by atoms with Crippen molar-refractivity contribution in [3.8, 4) is 0 Å². The molecule has 0 unspecified atom stereocenters. The number of carbonyl (C=O) groups excluding carboxylic acids is 2. The number of benzene rings is 1. The van der Waals surface area contributed by atoms with Gasteiger partial charge in [0.05, 0.1) is 5.56 Å². The van der Waals surface area contributed by atoms with E-state index in [1.54, 1.807) is 12.1 Å². The number of fused-ring (bicyclic) bond motifs is 1. The SMILES string of the molecule is Cc1ccc(CNC(=O)c2ccc3nn(CC(=O)NCCC4=CCCCC4)c(=O)n3c2)cc1. The van der Waals surface area contributed by atoms with Crippen LogP contribution in [-0.2, 0) is 17.9 Å². The van der Waals surface area contributed by atoms with Gasteiger partial charge in [0, 0.05) is 19.3 Å². The lowest BCUT2D eigenvalue weighted by Gasteiger charge is -2.12. The predicted octanol–water partition coefficient (Wildman–Crippen LogP) is 2.74. The lowest BCUT2D eigenvalue weighted by atomic mass is 9.97. The van der Waals surface area contributed by atoms with Gasteiger partial charge in [-0.15, -0.1) is 5.10 Å². The Kier molecular flexibility index (Phi) is 7.02. The topological polar surface area (TPSA) is 97.5 Å². The van der Waals surface area contributed by atoms with Crippen LogP contribution < -0.4 is 16.3 Å². The highest BCUT2D eigenvalue weighted by Crippen LogP contribution is 2.19. The zero-order valence-corrected chi connectivity index (χ0v) is 18.8. The molecule has 1 aliphatic carbocycles. The van der Waals surface area contributed by atoms with Crippen molar-refractivity contribution in [2.75, 3.05) is 6.54 Å². The number of aromatic nitrogens is 3. The summed E-state index contributed by atoms with van der Waals surface area (Å²) in [7, 11) is 0. The second-order valence-electron chi connectivity index (χ2n) is 8.46. The molecular formula is C25H29N5O3. The van der Waals surface area contributed by atoms with E-state index in [4.69, 9.17) is 0 Å². The van der Waals surface area contributed by atoms with Crippen molar-refractivity contribution in [1.29, 1.82) is 0 Å². The van der Waals surface area contributed by atoms with Gasteiger partial charge in [-0.3, -0.25) is 9.59 Å². The van der Waals surface area contributed by atoms with Crippen LogP contribution in [0.15, 0.2) is 59.0 Å². The number of rotatable bonds is 8. The zero-order chi connectivity index (χ0) is 23.2. The van der Waals surface area contributed by atoms with E-state index < -0.39 is 5.69 Å². The van der Waals surface area contributed by atoms with Crippen molar-refractivity contribution in [3.63, 3.8) is 0 Å². The fraction of sp³-hybridized carbons (Fsp3) is 0.360. The molecule has 0 atom stereocenters. The molecule has 33 heavy (non-hydrogen) atoms. The van der Waals surface area contributed by atoms with E-state index >= 15 is 0 Å². The second-order valence-corrected chi connectivity index (χ2v) is 8.46. The normalized spacial score (nSPS) is 13.5. The summed E-state index contributed by atoms with van der Waals surface area (Å²) >= 11 is 0. The van der Waals surface area contributed by atoms with Crippen LogP contribution in [0.2, 0.25) is 0 Å². The number of amides is 2. The lowest BCUT2D eigenvalue weighted by Crippen LogP contribution is -2.33. The van der Waals surface area contributed by atoms with E-state index in [2.05, 4.69) is 21.8 Å². The van der Waals surface area contributed by atoms with Crippen LogP contribution in [0.5, 0.6) is 0 Å². The molecule has 0 aliphatic heterocycles. The fourth-order valence-corrected chi connectivity index (χ4v) is 3.93. The van der Waals surface area contributed by atoms with Gasteiger partial charge >= 0.3 is 5.69 Å². The van der Waals surface area contributed by atoms with Gasteiger partial charge in [-0.2, -0.15) is 0 Å². The molecule has 2 heterocycles. The highest BCUT2D eigenvalue weighted by molar-refractivity contribution is 5.94. The highest BCUT2D eigenvalue weighted by atomic mass is 16.2. The number of nitrogens with one attached hydrogen (secondary N) is 2. The van der Waals surface area contributed by atoms with Gasteiger partial charge in [-0.05, 0) is 56.7 Å². The van der Waals surface area contributed by atoms with Gasteiger partial charge in [0.25, 0.3) is 5.91 Å². The summed E-state index contributed by atoms with van der Waals surface area (Å²) in [5.74, 6) is -0.542. The molecule has 0 saturated heterocycles. The molecule has 0 spiro atoms. The number of aryl methyl sites for hydroxylation is 1. The van der Waals surface area contributed by atoms with Gasteiger partial charge in [-0.1, -0.05) is 41.5 Å². The third kappa shape index (κ3) is 5.77.